The zero-order valence-electron chi connectivity index (χ0n) is 14.7. The summed E-state index contributed by atoms with van der Waals surface area (Å²) in [6, 6.07) is 0.927. The topological polar surface area (TPSA) is 65.8 Å². The number of pyridine rings is 1. The third kappa shape index (κ3) is 3.27. The van der Waals surface area contributed by atoms with E-state index in [1.54, 1.807) is 4.90 Å². The maximum Gasteiger partial charge on any atom is 0.341 e. The molecule has 9 heteroatoms. The minimum Gasteiger partial charge on any atom is -0.477 e. The van der Waals surface area contributed by atoms with Crippen LogP contribution in [0.2, 0.25) is 0 Å². The molecule has 146 valence electrons. The normalized spacial score (nSPS) is 17.8. The van der Waals surface area contributed by atoms with Crippen LogP contribution in [-0.2, 0) is 0 Å². The van der Waals surface area contributed by atoms with E-state index in [1.807, 2.05) is 7.05 Å². The molecule has 1 aliphatic heterocycles. The van der Waals surface area contributed by atoms with Crippen molar-refractivity contribution < 1.29 is 18.7 Å². The number of aromatic nitrogens is 1. The number of benzene rings is 1. The standard InChI is InChI=1S/C18H19F2N3O3.ClH/c1-21-4-6-22(7-5-21)16-13(19)8-11-15(14(16)20)23(10-2-3-10)9-12(17(11)24)18(25)26;/h8-10H,2-7H2,1H3,(H,25,26);1H. The highest BCUT2D eigenvalue weighted by Crippen LogP contribution is 2.39. The molecule has 27 heavy (non-hydrogen) atoms. The van der Waals surface area contributed by atoms with Crippen LogP contribution in [0.4, 0.5) is 14.5 Å². The first-order valence-corrected chi connectivity index (χ1v) is 8.62. The molecule has 1 N–H and O–H groups in total. The molecule has 0 spiro atoms. The summed E-state index contributed by atoms with van der Waals surface area (Å²) in [5.74, 6) is -3.01. The Bertz CT molecular complexity index is 967. The fourth-order valence-electron chi connectivity index (χ4n) is 3.54. The van der Waals surface area contributed by atoms with Crippen LogP contribution in [0.3, 0.4) is 0 Å². The van der Waals surface area contributed by atoms with Crippen molar-refractivity contribution in [1.29, 1.82) is 0 Å². The number of rotatable bonds is 3. The van der Waals surface area contributed by atoms with Crippen molar-refractivity contribution in [2.75, 3.05) is 38.1 Å². The average Bonchev–Trinajstić information content (AvgIpc) is 3.42. The van der Waals surface area contributed by atoms with Crippen molar-refractivity contribution in [3.05, 3.63) is 39.7 Å². The van der Waals surface area contributed by atoms with E-state index in [4.69, 9.17) is 0 Å². The number of hydrogen-bond acceptors (Lipinski definition) is 4. The van der Waals surface area contributed by atoms with E-state index in [0.717, 1.165) is 18.9 Å². The summed E-state index contributed by atoms with van der Waals surface area (Å²) in [6.45, 7) is 2.34. The zero-order chi connectivity index (χ0) is 18.6. The highest BCUT2D eigenvalue weighted by Gasteiger charge is 2.31. The number of fused-ring (bicyclic) bond motifs is 1. The summed E-state index contributed by atoms with van der Waals surface area (Å²) in [5.41, 5.74) is -1.46. The van der Waals surface area contributed by atoms with Crippen LogP contribution in [0.25, 0.3) is 10.9 Å². The molecule has 2 heterocycles. The molecule has 0 radical (unpaired) electrons. The molecular formula is C18H20ClF2N3O3. The zero-order valence-corrected chi connectivity index (χ0v) is 15.6. The van der Waals surface area contributed by atoms with Crippen molar-refractivity contribution in [2.24, 2.45) is 0 Å². The van der Waals surface area contributed by atoms with Crippen LogP contribution in [0.5, 0.6) is 0 Å². The summed E-state index contributed by atoms with van der Waals surface area (Å²) in [4.78, 5) is 27.5. The van der Waals surface area contributed by atoms with E-state index in [0.29, 0.717) is 26.2 Å². The van der Waals surface area contributed by atoms with Gasteiger partial charge in [-0.05, 0) is 26.0 Å². The third-order valence-corrected chi connectivity index (χ3v) is 5.17. The van der Waals surface area contributed by atoms with Gasteiger partial charge in [-0.1, -0.05) is 0 Å². The Morgan fingerprint density at radius 1 is 1.19 bits per heavy atom. The van der Waals surface area contributed by atoms with E-state index >= 15 is 4.39 Å². The van der Waals surface area contributed by atoms with Gasteiger partial charge in [-0.3, -0.25) is 4.79 Å². The largest absolute Gasteiger partial charge is 0.477 e. The van der Waals surface area contributed by atoms with Gasteiger partial charge in [-0.2, -0.15) is 0 Å². The summed E-state index contributed by atoms with van der Waals surface area (Å²) in [5, 5.41) is 9.04. The van der Waals surface area contributed by atoms with E-state index in [-0.39, 0.29) is 35.0 Å². The number of carboxylic acid groups (broad SMARTS) is 1. The lowest BCUT2D eigenvalue weighted by Gasteiger charge is -2.34. The van der Waals surface area contributed by atoms with E-state index in [2.05, 4.69) is 4.90 Å². The number of hydrogen-bond donors (Lipinski definition) is 1. The number of aromatic carboxylic acids is 1. The highest BCUT2D eigenvalue weighted by molar-refractivity contribution is 5.94. The molecule has 0 atom stereocenters. The highest BCUT2D eigenvalue weighted by atomic mass is 35.5. The fraction of sp³-hybridized carbons (Fsp3) is 0.444. The molecule has 1 aliphatic carbocycles. The van der Waals surface area contributed by atoms with Gasteiger partial charge in [0.05, 0.1) is 10.9 Å². The monoisotopic (exact) mass is 399 g/mol. The van der Waals surface area contributed by atoms with Crippen molar-refractivity contribution in [3.63, 3.8) is 0 Å². The number of halogens is 3. The van der Waals surface area contributed by atoms with Gasteiger partial charge >= 0.3 is 5.97 Å². The Morgan fingerprint density at radius 2 is 1.81 bits per heavy atom. The first kappa shape index (κ1) is 19.6. The molecule has 0 bridgehead atoms. The van der Waals surface area contributed by atoms with Crippen LogP contribution < -0.4 is 10.3 Å². The van der Waals surface area contributed by atoms with E-state index in [9.17, 15) is 19.1 Å². The SMILES string of the molecule is CN1CCN(c2c(F)cc3c(=O)c(C(=O)O)cn(C4CC4)c3c2F)CC1.Cl. The summed E-state index contributed by atoms with van der Waals surface area (Å²) < 4.78 is 31.6. The number of nitrogens with zero attached hydrogens (tertiary/aromatic N) is 3. The number of anilines is 1. The van der Waals surface area contributed by atoms with Gasteiger partial charge in [0.15, 0.2) is 5.82 Å². The molecule has 1 aromatic carbocycles. The third-order valence-electron chi connectivity index (χ3n) is 5.17. The quantitative estimate of drug-likeness (QED) is 0.859. The number of likely N-dealkylation sites (N-methyl/N-ethyl adjacent to an activating group) is 1. The minimum atomic E-state index is -1.39. The molecule has 1 aromatic heterocycles. The maximum absolute atomic E-state index is 15.4. The summed E-state index contributed by atoms with van der Waals surface area (Å²) in [7, 11) is 1.95. The van der Waals surface area contributed by atoms with Gasteiger partial charge in [0, 0.05) is 38.4 Å². The molecule has 2 fully saturated rings. The number of carboxylic acids is 1. The van der Waals surface area contributed by atoms with E-state index < -0.39 is 28.6 Å². The summed E-state index contributed by atoms with van der Waals surface area (Å²) >= 11 is 0. The predicted molar refractivity (Wildman–Crippen MR) is 100 cm³/mol. The molecule has 0 amide bonds. The maximum atomic E-state index is 15.4. The molecule has 0 unspecified atom stereocenters. The van der Waals surface area contributed by atoms with Crippen LogP contribution in [0, 0.1) is 11.6 Å². The molecular weight excluding hydrogens is 380 g/mol. The van der Waals surface area contributed by atoms with Crippen molar-refractivity contribution >= 4 is 35.0 Å². The smallest absolute Gasteiger partial charge is 0.341 e. The Kier molecular flexibility index (Phi) is 5.14. The van der Waals surface area contributed by atoms with Crippen LogP contribution in [-0.4, -0.2) is 53.8 Å². The van der Waals surface area contributed by atoms with Gasteiger partial charge in [-0.25, -0.2) is 13.6 Å². The van der Waals surface area contributed by atoms with Crippen LogP contribution in [0.15, 0.2) is 17.1 Å². The Hall–Kier alpha value is -2.19. The second-order valence-corrected chi connectivity index (χ2v) is 7.02. The molecule has 1 saturated carbocycles. The lowest BCUT2D eigenvalue weighted by molar-refractivity contribution is 0.0695. The molecule has 2 aromatic rings. The predicted octanol–water partition coefficient (Wildman–Crippen LogP) is 2.49. The van der Waals surface area contributed by atoms with Gasteiger partial charge in [0.25, 0.3) is 0 Å². The van der Waals surface area contributed by atoms with Gasteiger partial charge in [-0.15, -0.1) is 12.4 Å². The number of piperazine rings is 1. The first-order chi connectivity index (χ1) is 12.4. The Balaban J connectivity index is 0.00000210. The molecule has 6 nitrogen and oxygen atoms in total. The van der Waals surface area contributed by atoms with E-state index in [1.165, 1.54) is 10.8 Å². The summed E-state index contributed by atoms with van der Waals surface area (Å²) in [6.07, 6.45) is 2.74. The van der Waals surface area contributed by atoms with Gasteiger partial charge < -0.3 is 19.5 Å². The van der Waals surface area contributed by atoms with Crippen molar-refractivity contribution in [3.8, 4) is 0 Å². The Labute approximate surface area is 160 Å². The van der Waals surface area contributed by atoms with Crippen molar-refractivity contribution in [2.45, 2.75) is 18.9 Å². The van der Waals surface area contributed by atoms with Crippen LogP contribution >= 0.6 is 12.4 Å². The van der Waals surface area contributed by atoms with Crippen molar-refractivity contribution in [1.82, 2.24) is 9.47 Å². The lowest BCUT2D eigenvalue weighted by atomic mass is 10.1. The second-order valence-electron chi connectivity index (χ2n) is 7.02. The van der Waals surface area contributed by atoms with Crippen LogP contribution in [0.1, 0.15) is 29.2 Å². The molecule has 4 rings (SSSR count). The molecule has 2 aliphatic rings. The average molecular weight is 400 g/mol. The minimum absolute atomic E-state index is 0. The Morgan fingerprint density at radius 3 is 2.37 bits per heavy atom. The number of carbonyl (C=O) groups is 1. The second kappa shape index (κ2) is 7.09. The fourth-order valence-corrected chi connectivity index (χ4v) is 3.54. The lowest BCUT2D eigenvalue weighted by Crippen LogP contribution is -2.45. The van der Waals surface area contributed by atoms with Gasteiger partial charge in [0.2, 0.25) is 5.43 Å². The van der Waals surface area contributed by atoms with Gasteiger partial charge in [0.1, 0.15) is 17.1 Å². The first-order valence-electron chi connectivity index (χ1n) is 8.62. The molecule has 1 saturated heterocycles.